The Morgan fingerprint density at radius 3 is 2.12 bits per heavy atom. The number of carbonyl (C=O) groups excluding carboxylic acids is 3. The Morgan fingerprint density at radius 1 is 0.854 bits per heavy atom. The molecule has 0 saturated heterocycles. The fraction of sp³-hybridized carbons (Fsp3) is 0.265. The van der Waals surface area contributed by atoms with Crippen LogP contribution < -0.4 is 0 Å². The monoisotopic (exact) mass is 556 g/mol. The average Bonchev–Trinajstić information content (AvgIpc) is 3.29. The molecule has 41 heavy (non-hydrogen) atoms. The minimum atomic E-state index is -1.16. The fourth-order valence-corrected chi connectivity index (χ4v) is 4.80. The molecule has 0 heterocycles. The number of rotatable bonds is 8. The van der Waals surface area contributed by atoms with Crippen molar-refractivity contribution in [3.8, 4) is 11.1 Å². The van der Waals surface area contributed by atoms with Crippen molar-refractivity contribution in [1.29, 1.82) is 0 Å². The molecule has 0 spiro atoms. The molecule has 4 rings (SSSR count). The lowest BCUT2D eigenvalue weighted by molar-refractivity contribution is -0.149. The second-order valence-corrected chi connectivity index (χ2v) is 10.9. The summed E-state index contributed by atoms with van der Waals surface area (Å²) in [6, 6.07) is 10.5. The number of benzene rings is 2. The predicted molar refractivity (Wildman–Crippen MR) is 155 cm³/mol. The van der Waals surface area contributed by atoms with E-state index in [0.29, 0.717) is 40.7 Å². The van der Waals surface area contributed by atoms with Crippen molar-refractivity contribution in [2.75, 3.05) is 0 Å². The highest BCUT2D eigenvalue weighted by atomic mass is 19.1. The third kappa shape index (κ3) is 6.80. The zero-order chi connectivity index (χ0) is 30.1. The minimum absolute atomic E-state index is 0.104. The summed E-state index contributed by atoms with van der Waals surface area (Å²) in [6.45, 7) is 17.2. The molecule has 6 nitrogen and oxygen atoms in total. The highest BCUT2D eigenvalue weighted by Crippen LogP contribution is 2.37. The Bertz CT molecular complexity index is 1560. The second-order valence-electron chi connectivity index (χ2n) is 10.9. The summed E-state index contributed by atoms with van der Waals surface area (Å²) in [6.07, 6.45) is 4.32. The van der Waals surface area contributed by atoms with Gasteiger partial charge in [0.15, 0.2) is 0 Å². The summed E-state index contributed by atoms with van der Waals surface area (Å²) in [5.41, 5.74) is 3.83. The molecular formula is C34H33FO6. The largest absolute Gasteiger partial charge is 0.458 e. The zero-order valence-corrected chi connectivity index (χ0v) is 23.8. The Hall–Kier alpha value is -4.52. The van der Waals surface area contributed by atoms with E-state index in [1.807, 2.05) is 18.2 Å². The topological polar surface area (TPSA) is 78.9 Å². The number of hydrogen-bond acceptors (Lipinski definition) is 6. The number of fused-ring (bicyclic) bond motifs is 1. The first-order valence-electron chi connectivity index (χ1n) is 13.2. The molecule has 0 aromatic heterocycles. The van der Waals surface area contributed by atoms with Crippen molar-refractivity contribution in [1.82, 2.24) is 0 Å². The number of halogens is 1. The third-order valence-corrected chi connectivity index (χ3v) is 6.89. The maximum atomic E-state index is 15.6. The highest BCUT2D eigenvalue weighted by molar-refractivity contribution is 5.90. The van der Waals surface area contributed by atoms with Crippen LogP contribution in [0.5, 0.6) is 0 Å². The van der Waals surface area contributed by atoms with E-state index in [9.17, 15) is 14.4 Å². The van der Waals surface area contributed by atoms with E-state index in [4.69, 9.17) is 14.2 Å². The Balaban J connectivity index is 1.63. The smallest absolute Gasteiger partial charge is 0.338 e. The van der Waals surface area contributed by atoms with Crippen LogP contribution in [0.3, 0.4) is 0 Å². The number of allylic oxidation sites excluding steroid dienone is 2. The van der Waals surface area contributed by atoms with Gasteiger partial charge in [0.2, 0.25) is 0 Å². The fourth-order valence-electron chi connectivity index (χ4n) is 4.80. The van der Waals surface area contributed by atoms with Gasteiger partial charge in [-0.25, -0.2) is 18.8 Å². The quantitative estimate of drug-likeness (QED) is 0.203. The SMILES string of the molecule is C=C(C)C(=O)OC1=CC(c2ccc(-c3ccc4c(c3)CC(OC(=O)C(=C)C)C4)c(F)c2)=CC(C)(OC(=O)C(=C)C)C1. The molecule has 0 N–H and O–H groups in total. The first kappa shape index (κ1) is 29.5. The zero-order valence-electron chi connectivity index (χ0n) is 23.8. The van der Waals surface area contributed by atoms with Crippen LogP contribution >= 0.6 is 0 Å². The lowest BCUT2D eigenvalue weighted by Gasteiger charge is -2.31. The van der Waals surface area contributed by atoms with Gasteiger partial charge < -0.3 is 14.2 Å². The number of ether oxygens (including phenoxy) is 3. The molecule has 0 saturated carbocycles. The van der Waals surface area contributed by atoms with Gasteiger partial charge in [0.1, 0.15) is 23.3 Å². The molecule has 2 aliphatic carbocycles. The molecule has 0 bridgehead atoms. The summed E-state index contributed by atoms with van der Waals surface area (Å²) < 4.78 is 32.3. The first-order valence-corrected chi connectivity index (χ1v) is 13.2. The van der Waals surface area contributed by atoms with Gasteiger partial charge in [-0.15, -0.1) is 0 Å². The van der Waals surface area contributed by atoms with Gasteiger partial charge in [-0.2, -0.15) is 0 Å². The molecule has 2 aromatic carbocycles. The number of esters is 3. The van der Waals surface area contributed by atoms with Crippen molar-refractivity contribution >= 4 is 23.5 Å². The lowest BCUT2D eigenvalue weighted by atomic mass is 9.88. The van der Waals surface area contributed by atoms with E-state index in [0.717, 1.165) is 11.1 Å². The van der Waals surface area contributed by atoms with Gasteiger partial charge >= 0.3 is 17.9 Å². The van der Waals surface area contributed by atoms with Crippen LogP contribution in [0.25, 0.3) is 16.7 Å². The molecular weight excluding hydrogens is 523 g/mol. The first-order chi connectivity index (χ1) is 19.2. The van der Waals surface area contributed by atoms with E-state index in [1.54, 1.807) is 45.1 Å². The molecule has 2 aliphatic rings. The van der Waals surface area contributed by atoms with Crippen molar-refractivity contribution in [3.63, 3.8) is 0 Å². The Morgan fingerprint density at radius 2 is 1.49 bits per heavy atom. The summed E-state index contributed by atoms with van der Waals surface area (Å²) in [5.74, 6) is -1.81. The predicted octanol–water partition coefficient (Wildman–Crippen LogP) is 6.75. The van der Waals surface area contributed by atoms with Crippen LogP contribution in [0.15, 0.2) is 90.8 Å². The number of hydrogen-bond donors (Lipinski definition) is 0. The lowest BCUT2D eigenvalue weighted by Crippen LogP contribution is -2.33. The van der Waals surface area contributed by atoms with Gasteiger partial charge in [0.05, 0.1) is 0 Å². The van der Waals surface area contributed by atoms with Crippen LogP contribution in [0.4, 0.5) is 4.39 Å². The van der Waals surface area contributed by atoms with E-state index >= 15 is 4.39 Å². The highest BCUT2D eigenvalue weighted by Gasteiger charge is 2.34. The average molecular weight is 557 g/mol. The minimum Gasteiger partial charge on any atom is -0.458 e. The van der Waals surface area contributed by atoms with Crippen LogP contribution in [-0.2, 0) is 41.4 Å². The van der Waals surface area contributed by atoms with E-state index in [2.05, 4.69) is 19.7 Å². The van der Waals surface area contributed by atoms with Gasteiger partial charge in [-0.3, -0.25) is 0 Å². The maximum Gasteiger partial charge on any atom is 0.338 e. The van der Waals surface area contributed by atoms with Crippen molar-refractivity contribution in [3.05, 3.63) is 113 Å². The van der Waals surface area contributed by atoms with Gasteiger partial charge in [0, 0.05) is 41.5 Å². The maximum absolute atomic E-state index is 15.6. The molecule has 212 valence electrons. The summed E-state index contributed by atoms with van der Waals surface area (Å²) in [7, 11) is 0. The molecule has 0 fully saturated rings. The van der Waals surface area contributed by atoms with Crippen LogP contribution in [-0.4, -0.2) is 29.6 Å². The number of carbonyl (C=O) groups is 3. The summed E-state index contributed by atoms with van der Waals surface area (Å²) in [4.78, 5) is 36.5. The van der Waals surface area contributed by atoms with E-state index < -0.39 is 29.3 Å². The molecule has 7 heteroatoms. The summed E-state index contributed by atoms with van der Waals surface area (Å²) >= 11 is 0. The molecule has 2 unspecified atom stereocenters. The standard InChI is InChI=1S/C34H33FO6/c1-19(2)31(36)39-27-13-22-8-9-24(12-25(22)14-27)29-11-10-23(16-30(29)35)26-15-28(40-32(37)20(3)4)18-34(7,17-26)41-33(38)21(5)6/h8-12,15-17,27H,1,3,5,13-14,18H2,2,4,6-7H3. The van der Waals surface area contributed by atoms with Gasteiger partial charge in [-0.1, -0.05) is 50.1 Å². The molecule has 0 amide bonds. The second kappa shape index (κ2) is 11.5. The normalized spacial score (nSPS) is 19.3. The van der Waals surface area contributed by atoms with Crippen LogP contribution in [0.2, 0.25) is 0 Å². The molecule has 2 aromatic rings. The summed E-state index contributed by atoms with van der Waals surface area (Å²) in [5, 5.41) is 0. The van der Waals surface area contributed by atoms with Crippen LogP contribution in [0, 0.1) is 5.82 Å². The Labute approximate surface area is 239 Å². The van der Waals surface area contributed by atoms with Gasteiger partial charge in [-0.05, 0) is 73.7 Å². The third-order valence-electron chi connectivity index (χ3n) is 6.89. The Kier molecular flexibility index (Phi) is 8.29. The van der Waals surface area contributed by atoms with Crippen molar-refractivity contribution < 1.29 is 33.0 Å². The van der Waals surface area contributed by atoms with E-state index in [1.165, 1.54) is 13.0 Å². The molecule has 2 atom stereocenters. The van der Waals surface area contributed by atoms with Crippen molar-refractivity contribution in [2.24, 2.45) is 0 Å². The van der Waals surface area contributed by atoms with Gasteiger partial charge in [0.25, 0.3) is 0 Å². The van der Waals surface area contributed by atoms with Crippen LogP contribution in [0.1, 0.15) is 50.8 Å². The molecule has 0 radical (unpaired) electrons. The van der Waals surface area contributed by atoms with E-state index in [-0.39, 0.29) is 29.4 Å². The van der Waals surface area contributed by atoms with Crippen molar-refractivity contribution in [2.45, 2.75) is 58.7 Å². The molecule has 0 aliphatic heterocycles.